The van der Waals surface area contributed by atoms with E-state index in [9.17, 15) is 4.79 Å². The van der Waals surface area contributed by atoms with Gasteiger partial charge in [-0.15, -0.1) is 0 Å². The number of carbonyl (C=O) groups is 1. The minimum absolute atomic E-state index is 0.170. The Bertz CT molecular complexity index is 560. The van der Waals surface area contributed by atoms with Crippen LogP contribution in [0.1, 0.15) is 52.9 Å². The lowest BCUT2D eigenvalue weighted by molar-refractivity contribution is 0.0523. The first-order valence-electron chi connectivity index (χ1n) is 8.36. The molecule has 1 rings (SSSR count). The van der Waals surface area contributed by atoms with E-state index in [-0.39, 0.29) is 5.04 Å². The molecule has 1 aromatic heterocycles. The minimum Gasteiger partial charge on any atom is -0.444 e. The van der Waals surface area contributed by atoms with Crippen molar-refractivity contribution >= 4 is 14.4 Å². The maximum Gasteiger partial charge on any atom is 0.407 e. The van der Waals surface area contributed by atoms with E-state index in [1.54, 1.807) is 0 Å². The zero-order chi connectivity index (χ0) is 18.6. The molecule has 0 fully saturated rings. The van der Waals surface area contributed by atoms with Crippen LogP contribution in [0.25, 0.3) is 0 Å². The number of nitrogens with zero attached hydrogens (tertiary/aromatic N) is 1. The number of alkyl carbamates (subject to hydrolysis) is 1. The molecule has 0 aliphatic heterocycles. The monoisotopic (exact) mass is 352 g/mol. The Kier molecular flexibility index (Phi) is 6.58. The zero-order valence-corrected chi connectivity index (χ0v) is 17.3. The van der Waals surface area contributed by atoms with E-state index in [0.717, 1.165) is 11.4 Å². The highest BCUT2D eigenvalue weighted by atomic mass is 28.4. The summed E-state index contributed by atoms with van der Waals surface area (Å²) >= 11 is 0. The number of hydrogen-bond donors (Lipinski definition) is 1. The molecule has 136 valence electrons. The van der Waals surface area contributed by atoms with Gasteiger partial charge >= 0.3 is 6.09 Å². The van der Waals surface area contributed by atoms with Crippen LogP contribution < -0.4 is 5.32 Å². The van der Waals surface area contributed by atoms with E-state index in [1.165, 1.54) is 0 Å². The Morgan fingerprint density at radius 1 is 1.12 bits per heavy atom. The molecular formula is C18H32N2O3Si. The van der Waals surface area contributed by atoms with Gasteiger partial charge in [-0.25, -0.2) is 4.79 Å². The SMILES string of the molecule is CC(C)(C)OC(=O)NCc1cccc(CO[Si](C)(C)C(C)(C)C)n1. The van der Waals surface area contributed by atoms with Crippen molar-refractivity contribution < 1.29 is 14.0 Å². The number of ether oxygens (including phenoxy) is 1. The summed E-state index contributed by atoms with van der Waals surface area (Å²) in [6, 6.07) is 5.76. The van der Waals surface area contributed by atoms with Crippen LogP contribution in [0.2, 0.25) is 18.1 Å². The quantitative estimate of drug-likeness (QED) is 0.785. The van der Waals surface area contributed by atoms with Gasteiger partial charge in [0, 0.05) is 0 Å². The number of nitrogens with one attached hydrogen (secondary N) is 1. The number of aromatic nitrogens is 1. The van der Waals surface area contributed by atoms with Gasteiger partial charge in [0.25, 0.3) is 0 Å². The molecule has 0 bridgehead atoms. The Balaban J connectivity index is 2.60. The fourth-order valence-electron chi connectivity index (χ4n) is 1.66. The third-order valence-electron chi connectivity index (χ3n) is 4.06. The van der Waals surface area contributed by atoms with Gasteiger partial charge in [-0.2, -0.15) is 0 Å². The molecule has 0 aromatic carbocycles. The summed E-state index contributed by atoms with van der Waals surface area (Å²) in [5.74, 6) is 0. The van der Waals surface area contributed by atoms with Crippen LogP contribution in [0.4, 0.5) is 4.79 Å². The summed E-state index contributed by atoms with van der Waals surface area (Å²) in [4.78, 5) is 16.3. The summed E-state index contributed by atoms with van der Waals surface area (Å²) in [5.41, 5.74) is 1.16. The van der Waals surface area contributed by atoms with Crippen molar-refractivity contribution in [1.29, 1.82) is 0 Å². The Hall–Kier alpha value is -1.40. The zero-order valence-electron chi connectivity index (χ0n) is 16.3. The molecule has 0 aliphatic carbocycles. The fraction of sp³-hybridized carbons (Fsp3) is 0.667. The molecule has 0 saturated heterocycles. The topological polar surface area (TPSA) is 60.5 Å². The van der Waals surface area contributed by atoms with Crippen LogP contribution >= 0.6 is 0 Å². The van der Waals surface area contributed by atoms with Gasteiger partial charge in [0.15, 0.2) is 8.32 Å². The molecule has 0 unspecified atom stereocenters. The van der Waals surface area contributed by atoms with Gasteiger partial charge in [-0.05, 0) is 51.0 Å². The third-order valence-corrected chi connectivity index (χ3v) is 8.54. The summed E-state index contributed by atoms with van der Waals surface area (Å²) in [7, 11) is -1.80. The minimum atomic E-state index is -1.80. The van der Waals surface area contributed by atoms with Gasteiger partial charge in [0.2, 0.25) is 0 Å². The number of amides is 1. The van der Waals surface area contributed by atoms with E-state index in [2.05, 4.69) is 44.2 Å². The second-order valence-electron chi connectivity index (χ2n) is 8.52. The van der Waals surface area contributed by atoms with Gasteiger partial charge < -0.3 is 14.5 Å². The lowest BCUT2D eigenvalue weighted by Crippen LogP contribution is -2.40. The van der Waals surface area contributed by atoms with Gasteiger partial charge in [-0.1, -0.05) is 26.8 Å². The average molecular weight is 353 g/mol. The Labute approximate surface area is 147 Å². The van der Waals surface area contributed by atoms with Crippen LogP contribution in [0.15, 0.2) is 18.2 Å². The largest absolute Gasteiger partial charge is 0.444 e. The number of carbonyl (C=O) groups excluding carboxylic acids is 1. The molecule has 24 heavy (non-hydrogen) atoms. The molecule has 1 amide bonds. The van der Waals surface area contributed by atoms with Crippen molar-refractivity contribution in [2.75, 3.05) is 0 Å². The molecule has 1 aromatic rings. The normalized spacial score (nSPS) is 12.8. The molecule has 0 aliphatic rings. The highest BCUT2D eigenvalue weighted by molar-refractivity contribution is 6.74. The van der Waals surface area contributed by atoms with E-state index in [0.29, 0.717) is 13.2 Å². The van der Waals surface area contributed by atoms with E-state index < -0.39 is 20.0 Å². The summed E-state index contributed by atoms with van der Waals surface area (Å²) in [6.45, 7) is 17.4. The first-order chi connectivity index (χ1) is 10.8. The second-order valence-corrected chi connectivity index (χ2v) is 13.3. The highest BCUT2D eigenvalue weighted by Gasteiger charge is 2.37. The molecule has 0 spiro atoms. The smallest absolute Gasteiger partial charge is 0.407 e. The molecular weight excluding hydrogens is 320 g/mol. The van der Waals surface area contributed by atoms with Crippen LogP contribution in [0.3, 0.4) is 0 Å². The second kappa shape index (κ2) is 7.65. The maximum absolute atomic E-state index is 11.7. The van der Waals surface area contributed by atoms with Crippen molar-refractivity contribution in [3.63, 3.8) is 0 Å². The molecule has 0 saturated carbocycles. The number of rotatable bonds is 5. The molecule has 0 atom stereocenters. The Morgan fingerprint density at radius 3 is 2.25 bits per heavy atom. The number of pyridine rings is 1. The van der Waals surface area contributed by atoms with E-state index >= 15 is 0 Å². The predicted octanol–water partition coefficient (Wildman–Crippen LogP) is 4.63. The van der Waals surface area contributed by atoms with E-state index in [1.807, 2.05) is 39.0 Å². The van der Waals surface area contributed by atoms with Crippen LogP contribution in [0, 0.1) is 0 Å². The summed E-state index contributed by atoms with van der Waals surface area (Å²) in [6.07, 6.45) is -0.438. The van der Waals surface area contributed by atoms with Crippen LogP contribution in [-0.4, -0.2) is 25.0 Å². The molecule has 5 nitrogen and oxygen atoms in total. The lowest BCUT2D eigenvalue weighted by Gasteiger charge is -2.36. The van der Waals surface area contributed by atoms with Crippen LogP contribution in [0.5, 0.6) is 0 Å². The standard InChI is InChI=1S/C18H32N2O3Si/c1-17(2,3)23-16(21)19-12-14-10-9-11-15(20-14)13-22-24(7,8)18(4,5)6/h9-11H,12-13H2,1-8H3,(H,19,21). The lowest BCUT2D eigenvalue weighted by atomic mass is 10.2. The fourth-order valence-corrected chi connectivity index (χ4v) is 2.60. The van der Waals surface area contributed by atoms with Gasteiger partial charge in [0.05, 0.1) is 24.5 Å². The summed E-state index contributed by atoms with van der Waals surface area (Å²) in [5, 5.41) is 2.89. The van der Waals surface area contributed by atoms with Crippen LogP contribution in [-0.2, 0) is 22.3 Å². The van der Waals surface area contributed by atoms with Crippen molar-refractivity contribution in [2.24, 2.45) is 0 Å². The Morgan fingerprint density at radius 2 is 1.71 bits per heavy atom. The van der Waals surface area contributed by atoms with Crippen molar-refractivity contribution in [1.82, 2.24) is 10.3 Å². The molecule has 1 N–H and O–H groups in total. The average Bonchev–Trinajstić information content (AvgIpc) is 2.40. The molecule has 1 heterocycles. The highest BCUT2D eigenvalue weighted by Crippen LogP contribution is 2.36. The van der Waals surface area contributed by atoms with Crippen molar-refractivity contribution in [3.05, 3.63) is 29.6 Å². The molecule has 6 heteroatoms. The first-order valence-corrected chi connectivity index (χ1v) is 11.3. The van der Waals surface area contributed by atoms with Crippen molar-refractivity contribution in [2.45, 2.75) is 78.4 Å². The van der Waals surface area contributed by atoms with Gasteiger partial charge in [0.1, 0.15) is 5.60 Å². The maximum atomic E-state index is 11.7. The van der Waals surface area contributed by atoms with E-state index in [4.69, 9.17) is 9.16 Å². The van der Waals surface area contributed by atoms with Gasteiger partial charge in [-0.3, -0.25) is 4.98 Å². The van der Waals surface area contributed by atoms with Crippen molar-refractivity contribution in [3.8, 4) is 0 Å². The first kappa shape index (κ1) is 20.6. The predicted molar refractivity (Wildman–Crippen MR) is 99.3 cm³/mol. The summed E-state index contributed by atoms with van der Waals surface area (Å²) < 4.78 is 11.4. The number of hydrogen-bond acceptors (Lipinski definition) is 4. The third kappa shape index (κ3) is 7.01. The molecule has 0 radical (unpaired) electrons.